The Balaban J connectivity index is 1.50. The molecular formula is C24H20ClN3OS2. The molecule has 0 saturated heterocycles. The highest BCUT2D eigenvalue weighted by Gasteiger charge is 2.26. The minimum absolute atomic E-state index is 0.172. The number of nitrogens with one attached hydrogen (secondary N) is 1. The number of carbonyl (C=O) groups excluding carboxylic acids is 1. The molecule has 4 aromatic rings. The van der Waals surface area contributed by atoms with E-state index in [9.17, 15) is 4.79 Å². The highest BCUT2D eigenvalue weighted by atomic mass is 35.5. The molecule has 0 unspecified atom stereocenters. The summed E-state index contributed by atoms with van der Waals surface area (Å²) in [5.41, 5.74) is 4.20. The maximum atomic E-state index is 12.8. The number of para-hydroxylation sites is 1. The van der Waals surface area contributed by atoms with E-state index in [1.807, 2.05) is 42.5 Å². The Labute approximate surface area is 193 Å². The van der Waals surface area contributed by atoms with Crippen molar-refractivity contribution in [2.45, 2.75) is 13.0 Å². The number of nitrogens with zero attached hydrogens (tertiary/aromatic N) is 2. The summed E-state index contributed by atoms with van der Waals surface area (Å²) in [5, 5.41) is 5.57. The lowest BCUT2D eigenvalue weighted by atomic mass is 10.0. The predicted molar refractivity (Wildman–Crippen MR) is 132 cm³/mol. The van der Waals surface area contributed by atoms with E-state index in [-0.39, 0.29) is 5.91 Å². The largest absolute Gasteiger partial charge is 0.313 e. The normalized spacial score (nSPS) is 14.3. The van der Waals surface area contributed by atoms with Crippen molar-refractivity contribution in [3.05, 3.63) is 75.6 Å². The van der Waals surface area contributed by atoms with Crippen LogP contribution in [0.3, 0.4) is 0 Å². The number of anilines is 1. The number of likely N-dealkylation sites (N-methyl/N-ethyl adjacent to an activating group) is 1. The maximum Gasteiger partial charge on any atom is 0.249 e. The summed E-state index contributed by atoms with van der Waals surface area (Å²) in [6.07, 6.45) is 4.24. The first-order chi connectivity index (χ1) is 15.1. The summed E-state index contributed by atoms with van der Waals surface area (Å²) in [6, 6.07) is 15.6. The van der Waals surface area contributed by atoms with Crippen LogP contribution in [0.25, 0.3) is 26.9 Å². The average Bonchev–Trinajstić information content (AvgIpc) is 3.33. The molecule has 1 aliphatic rings. The summed E-state index contributed by atoms with van der Waals surface area (Å²) in [4.78, 5) is 21.3. The van der Waals surface area contributed by atoms with Crippen LogP contribution in [-0.4, -0.2) is 29.4 Å². The Morgan fingerprint density at radius 1 is 1.16 bits per heavy atom. The van der Waals surface area contributed by atoms with Crippen molar-refractivity contribution in [2.24, 2.45) is 0 Å². The number of aromatic nitrogens is 1. The summed E-state index contributed by atoms with van der Waals surface area (Å²) in [5.74, 6) is -0.172. The second-order valence-electron chi connectivity index (χ2n) is 7.53. The van der Waals surface area contributed by atoms with Crippen LogP contribution in [0.15, 0.2) is 54.6 Å². The molecule has 156 valence electrons. The molecule has 2 aromatic heterocycles. The molecule has 0 fully saturated rings. The Morgan fingerprint density at radius 2 is 1.97 bits per heavy atom. The van der Waals surface area contributed by atoms with Crippen LogP contribution in [-0.2, 0) is 17.8 Å². The van der Waals surface area contributed by atoms with Crippen LogP contribution < -0.4 is 5.32 Å². The van der Waals surface area contributed by atoms with E-state index in [4.69, 9.17) is 16.6 Å². The molecule has 4 nitrogen and oxygen atoms in total. The Hall–Kier alpha value is -2.51. The zero-order valence-electron chi connectivity index (χ0n) is 16.9. The Bertz CT molecular complexity index is 1270. The summed E-state index contributed by atoms with van der Waals surface area (Å²) in [6.45, 7) is 1.89. The van der Waals surface area contributed by atoms with Crippen molar-refractivity contribution in [1.82, 2.24) is 9.88 Å². The molecule has 0 radical (unpaired) electrons. The van der Waals surface area contributed by atoms with Gasteiger partial charge in [0.15, 0.2) is 0 Å². The molecule has 0 spiro atoms. The Morgan fingerprint density at radius 3 is 2.81 bits per heavy atom. The van der Waals surface area contributed by atoms with E-state index in [0.717, 1.165) is 50.9 Å². The SMILES string of the molecule is CN1CCc2c(sc(NC(=O)/C=C\c3ccccc3Cl)c2-c2nc3ccccc3s2)C1. The number of amides is 1. The van der Waals surface area contributed by atoms with Gasteiger partial charge in [-0.15, -0.1) is 22.7 Å². The number of benzene rings is 2. The number of rotatable bonds is 4. The summed E-state index contributed by atoms with van der Waals surface area (Å²) in [7, 11) is 2.13. The monoisotopic (exact) mass is 465 g/mol. The van der Waals surface area contributed by atoms with Gasteiger partial charge in [-0.1, -0.05) is 41.9 Å². The van der Waals surface area contributed by atoms with E-state index in [1.165, 1.54) is 16.5 Å². The second kappa shape index (κ2) is 8.55. The van der Waals surface area contributed by atoms with Crippen LogP contribution in [0.4, 0.5) is 5.00 Å². The average molecular weight is 466 g/mol. The Kier molecular flexibility index (Phi) is 5.63. The fourth-order valence-electron chi connectivity index (χ4n) is 3.75. The lowest BCUT2D eigenvalue weighted by Crippen LogP contribution is -2.25. The highest BCUT2D eigenvalue weighted by Crippen LogP contribution is 2.45. The lowest BCUT2D eigenvalue weighted by molar-refractivity contribution is -0.111. The van der Waals surface area contributed by atoms with Crippen molar-refractivity contribution < 1.29 is 4.79 Å². The smallest absolute Gasteiger partial charge is 0.249 e. The van der Waals surface area contributed by atoms with Gasteiger partial charge in [-0.2, -0.15) is 0 Å². The fourth-order valence-corrected chi connectivity index (χ4v) is 6.39. The molecule has 1 aliphatic heterocycles. The van der Waals surface area contributed by atoms with Gasteiger partial charge in [0.2, 0.25) is 5.91 Å². The topological polar surface area (TPSA) is 45.2 Å². The molecule has 5 rings (SSSR count). The van der Waals surface area contributed by atoms with Crippen molar-refractivity contribution in [3.8, 4) is 10.6 Å². The predicted octanol–water partition coefficient (Wildman–Crippen LogP) is 6.32. The van der Waals surface area contributed by atoms with E-state index < -0.39 is 0 Å². The number of hydrogen-bond acceptors (Lipinski definition) is 5. The standard InChI is InChI=1S/C24H20ClN3OS2/c1-28-13-12-16-20(14-28)31-24(22(16)23-26-18-8-4-5-9-19(18)30-23)27-21(29)11-10-15-6-2-3-7-17(15)25/h2-11H,12-14H2,1H3,(H,27,29)/b11-10-. The number of carbonyl (C=O) groups is 1. The molecule has 3 heterocycles. The van der Waals surface area contributed by atoms with Crippen LogP contribution in [0.5, 0.6) is 0 Å². The maximum absolute atomic E-state index is 12.8. The molecule has 7 heteroatoms. The quantitative estimate of drug-likeness (QED) is 0.359. The van der Waals surface area contributed by atoms with Gasteiger partial charge in [0.1, 0.15) is 10.0 Å². The van der Waals surface area contributed by atoms with Gasteiger partial charge >= 0.3 is 0 Å². The molecular weight excluding hydrogens is 446 g/mol. The van der Waals surface area contributed by atoms with Gasteiger partial charge in [-0.25, -0.2) is 4.98 Å². The number of hydrogen-bond donors (Lipinski definition) is 1. The summed E-state index contributed by atoms with van der Waals surface area (Å²) >= 11 is 9.54. The third kappa shape index (κ3) is 4.16. The van der Waals surface area contributed by atoms with Crippen molar-refractivity contribution >= 4 is 61.5 Å². The number of fused-ring (bicyclic) bond motifs is 2. The van der Waals surface area contributed by atoms with Gasteiger partial charge in [0, 0.05) is 34.6 Å². The minimum Gasteiger partial charge on any atom is -0.313 e. The molecule has 0 bridgehead atoms. The van der Waals surface area contributed by atoms with Crippen LogP contribution in [0.2, 0.25) is 5.02 Å². The second-order valence-corrected chi connectivity index (χ2v) is 10.1. The highest BCUT2D eigenvalue weighted by molar-refractivity contribution is 7.23. The van der Waals surface area contributed by atoms with Crippen molar-refractivity contribution in [3.63, 3.8) is 0 Å². The number of thiazole rings is 1. The van der Waals surface area contributed by atoms with E-state index in [0.29, 0.717) is 5.02 Å². The zero-order valence-corrected chi connectivity index (χ0v) is 19.3. The van der Waals surface area contributed by atoms with E-state index in [1.54, 1.807) is 28.7 Å². The molecule has 0 saturated carbocycles. The van der Waals surface area contributed by atoms with Gasteiger partial charge in [-0.3, -0.25) is 4.79 Å². The zero-order chi connectivity index (χ0) is 21.4. The molecule has 0 atom stereocenters. The van der Waals surface area contributed by atoms with Crippen LogP contribution in [0.1, 0.15) is 16.0 Å². The summed E-state index contributed by atoms with van der Waals surface area (Å²) < 4.78 is 1.15. The first-order valence-corrected chi connectivity index (χ1v) is 12.0. The van der Waals surface area contributed by atoms with Gasteiger partial charge in [-0.05, 0) is 48.9 Å². The van der Waals surface area contributed by atoms with Gasteiger partial charge < -0.3 is 10.2 Å². The number of halogens is 1. The van der Waals surface area contributed by atoms with Crippen LogP contribution >= 0.6 is 34.3 Å². The van der Waals surface area contributed by atoms with E-state index in [2.05, 4.69) is 23.3 Å². The molecule has 31 heavy (non-hydrogen) atoms. The first kappa shape index (κ1) is 20.4. The van der Waals surface area contributed by atoms with Crippen LogP contribution in [0, 0.1) is 0 Å². The molecule has 1 N–H and O–H groups in total. The van der Waals surface area contributed by atoms with Gasteiger partial charge in [0.25, 0.3) is 0 Å². The fraction of sp³-hybridized carbons (Fsp3) is 0.167. The molecule has 1 amide bonds. The number of thiophene rings is 1. The lowest BCUT2D eigenvalue weighted by Gasteiger charge is -2.22. The molecule has 0 aliphatic carbocycles. The van der Waals surface area contributed by atoms with Crippen molar-refractivity contribution in [2.75, 3.05) is 18.9 Å². The van der Waals surface area contributed by atoms with E-state index >= 15 is 0 Å². The third-order valence-corrected chi connectivity index (χ3v) is 7.84. The van der Waals surface area contributed by atoms with Crippen molar-refractivity contribution in [1.29, 1.82) is 0 Å². The third-order valence-electron chi connectivity index (χ3n) is 5.31. The minimum atomic E-state index is -0.172. The first-order valence-electron chi connectivity index (χ1n) is 10.0. The molecule has 2 aromatic carbocycles. The van der Waals surface area contributed by atoms with Gasteiger partial charge in [0.05, 0.1) is 10.2 Å².